The monoisotopic (exact) mass is 428 g/mol. The Morgan fingerprint density at radius 3 is 2.27 bits per heavy atom. The number of rotatable bonds is 11. The van der Waals surface area contributed by atoms with Crippen molar-refractivity contribution in [2.75, 3.05) is 11.9 Å². The smallest absolute Gasteiger partial charge is 0.257 e. The molecule has 0 heterocycles. The van der Waals surface area contributed by atoms with Gasteiger partial charge in [-0.25, -0.2) is 0 Å². The lowest BCUT2D eigenvalue weighted by atomic mass is 10.2. The van der Waals surface area contributed by atoms with Gasteiger partial charge in [-0.2, -0.15) is 0 Å². The molecule has 0 aliphatic carbocycles. The van der Waals surface area contributed by atoms with Gasteiger partial charge in [0.25, 0.3) is 5.91 Å². The number of hydrogen-bond donors (Lipinski definition) is 2. The Hall–Kier alpha value is -2.60. The molecule has 2 rings (SSSR count). The zero-order valence-electron chi connectivity index (χ0n) is 18.1. The van der Waals surface area contributed by atoms with E-state index in [1.165, 1.54) is 19.3 Å². The third-order valence-electron chi connectivity index (χ3n) is 4.63. The summed E-state index contributed by atoms with van der Waals surface area (Å²) in [6.07, 6.45) is 5.78. The lowest BCUT2D eigenvalue weighted by Crippen LogP contribution is -2.34. The molecular weight excluding hydrogens is 396 g/mol. The fourth-order valence-electron chi connectivity index (χ4n) is 2.69. The number of unbranched alkanes of at least 4 members (excludes halogenated alkanes) is 3. The Kier molecular flexibility index (Phi) is 10.1. The van der Waals surface area contributed by atoms with Crippen LogP contribution in [0.4, 0.5) is 5.69 Å². The topological polar surface area (TPSA) is 59.6 Å². The van der Waals surface area contributed by atoms with Crippen LogP contribution in [0.3, 0.4) is 0 Å². The summed E-state index contributed by atoms with van der Waals surface area (Å²) < 4.78 is 11.5. The van der Waals surface area contributed by atoms with Crippen molar-refractivity contribution in [1.82, 2.24) is 5.32 Å². The first-order chi connectivity index (χ1) is 14.5. The number of hydrogen-bond acceptors (Lipinski definition) is 4. The van der Waals surface area contributed by atoms with Crippen molar-refractivity contribution < 1.29 is 14.3 Å². The van der Waals surface area contributed by atoms with E-state index >= 15 is 0 Å². The Bertz CT molecular complexity index is 791. The minimum absolute atomic E-state index is 0.138. The number of amides is 1. The fraction of sp³-hybridized carbons (Fsp3) is 0.417. The molecule has 0 aliphatic rings. The van der Waals surface area contributed by atoms with Gasteiger partial charge in [-0.15, -0.1) is 0 Å². The molecule has 0 aliphatic heterocycles. The van der Waals surface area contributed by atoms with Crippen molar-refractivity contribution in [3.63, 3.8) is 0 Å². The fourth-order valence-corrected chi connectivity index (χ4v) is 2.90. The molecule has 0 saturated carbocycles. The SMILES string of the molecule is CCCCCCOc1ccc(NC(=S)NC(=O)c2ccc(OC(C)CC)cc2)cc1. The van der Waals surface area contributed by atoms with Crippen LogP contribution < -0.4 is 20.1 Å². The lowest BCUT2D eigenvalue weighted by molar-refractivity contribution is 0.0977. The van der Waals surface area contributed by atoms with Gasteiger partial charge in [-0.1, -0.05) is 33.1 Å². The molecule has 2 aromatic rings. The standard InChI is InChI=1S/C24H32N2O3S/c1-4-6-7-8-17-28-21-15-11-20(12-16-21)25-24(30)26-23(27)19-9-13-22(14-10-19)29-18(3)5-2/h9-16,18H,4-8,17H2,1-3H3,(H2,25,26,27,30). The number of ether oxygens (including phenoxy) is 2. The maximum atomic E-state index is 12.4. The van der Waals surface area contributed by atoms with E-state index in [1.807, 2.05) is 31.2 Å². The Balaban J connectivity index is 1.78. The predicted octanol–water partition coefficient (Wildman–Crippen LogP) is 5.95. The van der Waals surface area contributed by atoms with E-state index in [9.17, 15) is 4.79 Å². The van der Waals surface area contributed by atoms with Crippen LogP contribution in [0.1, 0.15) is 63.2 Å². The van der Waals surface area contributed by atoms with Crippen molar-refractivity contribution in [1.29, 1.82) is 0 Å². The van der Waals surface area contributed by atoms with Crippen LogP contribution in [-0.2, 0) is 0 Å². The van der Waals surface area contributed by atoms with E-state index in [-0.39, 0.29) is 17.1 Å². The average molecular weight is 429 g/mol. The molecule has 0 saturated heterocycles. The van der Waals surface area contributed by atoms with Gasteiger partial charge in [0.15, 0.2) is 5.11 Å². The second-order valence-electron chi connectivity index (χ2n) is 7.20. The van der Waals surface area contributed by atoms with Crippen LogP contribution in [0.15, 0.2) is 48.5 Å². The summed E-state index contributed by atoms with van der Waals surface area (Å²) in [5, 5.41) is 5.96. The van der Waals surface area contributed by atoms with Crippen LogP contribution in [-0.4, -0.2) is 23.7 Å². The van der Waals surface area contributed by atoms with E-state index in [4.69, 9.17) is 21.7 Å². The summed E-state index contributed by atoms with van der Waals surface area (Å²) in [5.41, 5.74) is 1.30. The molecule has 0 aromatic heterocycles. The third-order valence-corrected chi connectivity index (χ3v) is 4.84. The van der Waals surface area contributed by atoms with Gasteiger partial charge in [-0.05, 0) is 80.5 Å². The maximum Gasteiger partial charge on any atom is 0.257 e. The minimum Gasteiger partial charge on any atom is -0.494 e. The van der Waals surface area contributed by atoms with E-state index < -0.39 is 0 Å². The Morgan fingerprint density at radius 1 is 0.967 bits per heavy atom. The predicted molar refractivity (Wildman–Crippen MR) is 127 cm³/mol. The summed E-state index contributed by atoms with van der Waals surface area (Å²) in [6, 6.07) is 14.6. The highest BCUT2D eigenvalue weighted by atomic mass is 32.1. The number of benzene rings is 2. The first-order valence-corrected chi connectivity index (χ1v) is 11.0. The quantitative estimate of drug-likeness (QED) is 0.342. The molecule has 5 nitrogen and oxygen atoms in total. The van der Waals surface area contributed by atoms with Crippen LogP contribution in [0.5, 0.6) is 11.5 Å². The molecule has 0 bridgehead atoms. The molecule has 1 atom stereocenters. The third kappa shape index (κ3) is 8.41. The second-order valence-corrected chi connectivity index (χ2v) is 7.61. The first kappa shape index (κ1) is 23.7. The van der Waals surface area contributed by atoms with Crippen LogP contribution in [0, 0.1) is 0 Å². The van der Waals surface area contributed by atoms with E-state index in [2.05, 4.69) is 24.5 Å². The minimum atomic E-state index is -0.269. The van der Waals surface area contributed by atoms with Crippen molar-refractivity contribution >= 4 is 28.9 Å². The maximum absolute atomic E-state index is 12.4. The summed E-state index contributed by atoms with van der Waals surface area (Å²) >= 11 is 5.26. The zero-order valence-corrected chi connectivity index (χ0v) is 18.9. The van der Waals surface area contributed by atoms with Crippen molar-refractivity contribution in [3.05, 3.63) is 54.1 Å². The van der Waals surface area contributed by atoms with Gasteiger partial charge in [-0.3, -0.25) is 10.1 Å². The van der Waals surface area contributed by atoms with E-state index in [0.717, 1.165) is 36.6 Å². The molecule has 1 unspecified atom stereocenters. The summed E-state index contributed by atoms with van der Waals surface area (Å²) in [4.78, 5) is 12.4. The summed E-state index contributed by atoms with van der Waals surface area (Å²) in [7, 11) is 0. The number of carbonyl (C=O) groups excluding carboxylic acids is 1. The highest BCUT2D eigenvalue weighted by Crippen LogP contribution is 2.17. The van der Waals surface area contributed by atoms with Crippen LogP contribution in [0.25, 0.3) is 0 Å². The summed E-state index contributed by atoms with van der Waals surface area (Å²) in [6.45, 7) is 6.99. The molecule has 0 spiro atoms. The van der Waals surface area contributed by atoms with Crippen LogP contribution >= 0.6 is 12.2 Å². The molecule has 0 radical (unpaired) electrons. The van der Waals surface area contributed by atoms with Gasteiger partial charge in [0, 0.05) is 11.3 Å². The molecule has 0 fully saturated rings. The Morgan fingerprint density at radius 2 is 1.63 bits per heavy atom. The summed E-state index contributed by atoms with van der Waals surface area (Å²) in [5.74, 6) is 1.30. The molecule has 6 heteroatoms. The van der Waals surface area contributed by atoms with Crippen molar-refractivity contribution in [2.24, 2.45) is 0 Å². The highest BCUT2D eigenvalue weighted by Gasteiger charge is 2.09. The Labute approximate surface area is 185 Å². The normalized spacial score (nSPS) is 11.4. The largest absolute Gasteiger partial charge is 0.494 e. The van der Waals surface area contributed by atoms with Gasteiger partial charge < -0.3 is 14.8 Å². The number of anilines is 1. The average Bonchev–Trinajstić information content (AvgIpc) is 2.75. The number of thiocarbonyl (C=S) groups is 1. The molecule has 162 valence electrons. The molecule has 30 heavy (non-hydrogen) atoms. The van der Waals surface area contributed by atoms with Crippen LogP contribution in [0.2, 0.25) is 0 Å². The molecule has 1 amide bonds. The zero-order chi connectivity index (χ0) is 21.8. The number of carbonyl (C=O) groups is 1. The van der Waals surface area contributed by atoms with Gasteiger partial charge in [0.2, 0.25) is 0 Å². The van der Waals surface area contributed by atoms with E-state index in [1.54, 1.807) is 24.3 Å². The van der Waals surface area contributed by atoms with Crippen molar-refractivity contribution in [3.8, 4) is 11.5 Å². The van der Waals surface area contributed by atoms with Gasteiger partial charge >= 0.3 is 0 Å². The van der Waals surface area contributed by atoms with E-state index in [0.29, 0.717) is 5.56 Å². The first-order valence-electron chi connectivity index (χ1n) is 10.6. The number of nitrogens with one attached hydrogen (secondary N) is 2. The molecular formula is C24H32N2O3S. The molecule has 2 aromatic carbocycles. The lowest BCUT2D eigenvalue weighted by Gasteiger charge is -2.13. The molecule has 2 N–H and O–H groups in total. The van der Waals surface area contributed by atoms with Gasteiger partial charge in [0.1, 0.15) is 11.5 Å². The highest BCUT2D eigenvalue weighted by molar-refractivity contribution is 7.80. The van der Waals surface area contributed by atoms with Gasteiger partial charge in [0.05, 0.1) is 12.7 Å². The van der Waals surface area contributed by atoms with Crippen molar-refractivity contribution in [2.45, 2.75) is 59.0 Å². The second kappa shape index (κ2) is 12.9.